The standard InChI is InChI=1S/C12H16N4O2/c1-9-8-10-12(14-6-7-16(10)15-9)13-5-3-2-4-11(17)18/h6-8H,2-5H2,1H3,(H,13,14)(H,17,18). The predicted molar refractivity (Wildman–Crippen MR) is 67.7 cm³/mol. The van der Waals surface area contributed by atoms with Crippen molar-refractivity contribution in [1.29, 1.82) is 0 Å². The number of carbonyl (C=O) groups is 1. The number of rotatable bonds is 6. The lowest BCUT2D eigenvalue weighted by atomic mass is 10.2. The number of nitrogens with zero attached hydrogens (tertiary/aromatic N) is 3. The molecule has 18 heavy (non-hydrogen) atoms. The van der Waals surface area contributed by atoms with Crippen LogP contribution in [0.4, 0.5) is 5.82 Å². The Labute approximate surface area is 105 Å². The maximum absolute atomic E-state index is 10.4. The molecule has 96 valence electrons. The third kappa shape index (κ3) is 2.97. The second kappa shape index (κ2) is 5.48. The monoisotopic (exact) mass is 248 g/mol. The molecule has 0 amide bonds. The average Bonchev–Trinajstić information content (AvgIpc) is 2.69. The molecule has 0 aromatic carbocycles. The van der Waals surface area contributed by atoms with E-state index in [-0.39, 0.29) is 6.42 Å². The van der Waals surface area contributed by atoms with Gasteiger partial charge < -0.3 is 10.4 Å². The van der Waals surface area contributed by atoms with Crippen molar-refractivity contribution >= 4 is 17.3 Å². The molecule has 6 heteroatoms. The minimum absolute atomic E-state index is 0.213. The Bertz CT molecular complexity index is 550. The lowest BCUT2D eigenvalue weighted by Gasteiger charge is -2.05. The summed E-state index contributed by atoms with van der Waals surface area (Å²) in [7, 11) is 0. The molecule has 0 unspecified atom stereocenters. The van der Waals surface area contributed by atoms with Crippen LogP contribution in [0.3, 0.4) is 0 Å². The molecule has 2 aromatic rings. The minimum atomic E-state index is -0.748. The molecule has 2 heterocycles. The molecule has 0 aliphatic heterocycles. The van der Waals surface area contributed by atoms with Gasteiger partial charge in [-0.2, -0.15) is 5.10 Å². The Hall–Kier alpha value is -2.11. The molecule has 0 fully saturated rings. The second-order valence-corrected chi connectivity index (χ2v) is 4.17. The van der Waals surface area contributed by atoms with E-state index in [1.807, 2.05) is 13.0 Å². The van der Waals surface area contributed by atoms with Gasteiger partial charge in [0.25, 0.3) is 0 Å². The number of aliphatic carboxylic acids is 1. The molecule has 0 radical (unpaired) electrons. The number of unbranched alkanes of at least 4 members (excludes halogenated alkanes) is 1. The predicted octanol–water partition coefficient (Wildman–Crippen LogP) is 1.70. The van der Waals surface area contributed by atoms with E-state index >= 15 is 0 Å². The van der Waals surface area contributed by atoms with Crippen LogP contribution in [-0.2, 0) is 4.79 Å². The Morgan fingerprint density at radius 3 is 3.11 bits per heavy atom. The van der Waals surface area contributed by atoms with Gasteiger partial charge in [0, 0.05) is 25.4 Å². The largest absolute Gasteiger partial charge is 0.481 e. The lowest BCUT2D eigenvalue weighted by molar-refractivity contribution is -0.137. The number of carboxylic acids is 1. The van der Waals surface area contributed by atoms with Gasteiger partial charge in [0.05, 0.1) is 5.69 Å². The molecule has 2 N–H and O–H groups in total. The molecule has 2 rings (SSSR count). The summed E-state index contributed by atoms with van der Waals surface area (Å²) < 4.78 is 1.78. The van der Waals surface area contributed by atoms with Crippen molar-refractivity contribution in [2.75, 3.05) is 11.9 Å². The third-order valence-electron chi connectivity index (χ3n) is 2.62. The van der Waals surface area contributed by atoms with E-state index in [9.17, 15) is 4.79 Å². The molecule has 0 spiro atoms. The van der Waals surface area contributed by atoms with Crippen LogP contribution in [-0.4, -0.2) is 32.2 Å². The topological polar surface area (TPSA) is 79.5 Å². The number of carboxylic acid groups (broad SMARTS) is 1. The molecule has 0 bridgehead atoms. The van der Waals surface area contributed by atoms with Crippen molar-refractivity contribution in [2.45, 2.75) is 26.2 Å². The molecular weight excluding hydrogens is 232 g/mol. The van der Waals surface area contributed by atoms with Gasteiger partial charge in [-0.05, 0) is 25.8 Å². The molecule has 6 nitrogen and oxygen atoms in total. The van der Waals surface area contributed by atoms with Gasteiger partial charge in [-0.1, -0.05) is 0 Å². The summed E-state index contributed by atoms with van der Waals surface area (Å²) in [5.74, 6) is 0.0371. The van der Waals surface area contributed by atoms with Crippen LogP contribution in [0.5, 0.6) is 0 Å². The average molecular weight is 248 g/mol. The van der Waals surface area contributed by atoms with E-state index in [0.717, 1.165) is 23.4 Å². The van der Waals surface area contributed by atoms with Gasteiger partial charge in [0.15, 0.2) is 5.82 Å². The molecule has 0 saturated heterocycles. The van der Waals surface area contributed by atoms with Gasteiger partial charge in [-0.15, -0.1) is 0 Å². The fourth-order valence-electron chi connectivity index (χ4n) is 1.79. The van der Waals surface area contributed by atoms with Crippen molar-refractivity contribution in [2.24, 2.45) is 0 Å². The highest BCUT2D eigenvalue weighted by molar-refractivity contribution is 5.68. The van der Waals surface area contributed by atoms with Gasteiger partial charge in [0.1, 0.15) is 5.52 Å². The number of aryl methyl sites for hydroxylation is 1. The van der Waals surface area contributed by atoms with Crippen LogP contribution >= 0.6 is 0 Å². The van der Waals surface area contributed by atoms with Crippen LogP contribution in [0.2, 0.25) is 0 Å². The van der Waals surface area contributed by atoms with Gasteiger partial charge in [-0.3, -0.25) is 4.79 Å². The zero-order valence-electron chi connectivity index (χ0n) is 10.3. The SMILES string of the molecule is Cc1cc2c(NCCCCC(=O)O)nccn2n1. The number of hydrogen-bond acceptors (Lipinski definition) is 4. The number of hydrogen-bond donors (Lipinski definition) is 2. The number of nitrogens with one attached hydrogen (secondary N) is 1. The highest BCUT2D eigenvalue weighted by Gasteiger charge is 2.04. The van der Waals surface area contributed by atoms with Gasteiger partial charge >= 0.3 is 5.97 Å². The molecule has 0 aliphatic carbocycles. The summed E-state index contributed by atoms with van der Waals surface area (Å²) in [5, 5.41) is 16.0. The summed E-state index contributed by atoms with van der Waals surface area (Å²) in [5.41, 5.74) is 1.88. The maximum atomic E-state index is 10.4. The number of anilines is 1. The number of aromatic nitrogens is 3. The van der Waals surface area contributed by atoms with Crippen LogP contribution in [0, 0.1) is 6.92 Å². The summed E-state index contributed by atoms with van der Waals surface area (Å²) in [4.78, 5) is 14.6. The van der Waals surface area contributed by atoms with Crippen LogP contribution < -0.4 is 5.32 Å². The van der Waals surface area contributed by atoms with E-state index in [0.29, 0.717) is 13.0 Å². The zero-order chi connectivity index (χ0) is 13.0. The molecular formula is C12H16N4O2. The van der Waals surface area contributed by atoms with Crippen molar-refractivity contribution in [1.82, 2.24) is 14.6 Å². The fourth-order valence-corrected chi connectivity index (χ4v) is 1.79. The Balaban J connectivity index is 1.93. The van der Waals surface area contributed by atoms with Crippen molar-refractivity contribution in [3.63, 3.8) is 0 Å². The van der Waals surface area contributed by atoms with E-state index < -0.39 is 5.97 Å². The fraction of sp³-hybridized carbons (Fsp3) is 0.417. The van der Waals surface area contributed by atoms with Crippen molar-refractivity contribution < 1.29 is 9.90 Å². The highest BCUT2D eigenvalue weighted by Crippen LogP contribution is 2.14. The summed E-state index contributed by atoms with van der Waals surface area (Å²) in [6.07, 6.45) is 5.19. The van der Waals surface area contributed by atoms with E-state index in [1.54, 1.807) is 16.9 Å². The molecule has 0 aliphatic rings. The Morgan fingerprint density at radius 2 is 2.33 bits per heavy atom. The molecule has 0 saturated carbocycles. The van der Waals surface area contributed by atoms with Crippen molar-refractivity contribution in [3.05, 3.63) is 24.2 Å². The number of fused-ring (bicyclic) bond motifs is 1. The summed E-state index contributed by atoms with van der Waals surface area (Å²) >= 11 is 0. The highest BCUT2D eigenvalue weighted by atomic mass is 16.4. The molecule has 2 aromatic heterocycles. The van der Waals surface area contributed by atoms with Gasteiger partial charge in [-0.25, -0.2) is 9.50 Å². The smallest absolute Gasteiger partial charge is 0.303 e. The summed E-state index contributed by atoms with van der Waals surface area (Å²) in [6, 6.07) is 1.96. The first-order valence-corrected chi connectivity index (χ1v) is 5.93. The minimum Gasteiger partial charge on any atom is -0.481 e. The first kappa shape index (κ1) is 12.3. The first-order valence-electron chi connectivity index (χ1n) is 5.93. The van der Waals surface area contributed by atoms with E-state index in [1.165, 1.54) is 0 Å². The van der Waals surface area contributed by atoms with Crippen LogP contribution in [0.25, 0.3) is 5.52 Å². The molecule has 0 atom stereocenters. The third-order valence-corrected chi connectivity index (χ3v) is 2.62. The van der Waals surface area contributed by atoms with Crippen LogP contribution in [0.1, 0.15) is 25.0 Å². The first-order chi connectivity index (χ1) is 8.66. The van der Waals surface area contributed by atoms with Crippen molar-refractivity contribution in [3.8, 4) is 0 Å². The quantitative estimate of drug-likeness (QED) is 0.761. The Morgan fingerprint density at radius 1 is 1.50 bits per heavy atom. The van der Waals surface area contributed by atoms with Gasteiger partial charge in [0.2, 0.25) is 0 Å². The maximum Gasteiger partial charge on any atom is 0.303 e. The zero-order valence-corrected chi connectivity index (χ0v) is 10.3. The lowest BCUT2D eigenvalue weighted by Crippen LogP contribution is -2.06. The van der Waals surface area contributed by atoms with E-state index in [4.69, 9.17) is 5.11 Å². The normalized spacial score (nSPS) is 10.7. The van der Waals surface area contributed by atoms with Crippen LogP contribution in [0.15, 0.2) is 18.5 Å². The van der Waals surface area contributed by atoms with E-state index in [2.05, 4.69) is 15.4 Å². The second-order valence-electron chi connectivity index (χ2n) is 4.17. The summed E-state index contributed by atoms with van der Waals surface area (Å²) in [6.45, 7) is 2.65. The Kier molecular flexibility index (Phi) is 3.76.